The predicted molar refractivity (Wildman–Crippen MR) is 96.6 cm³/mol. The topological polar surface area (TPSA) is 34.0 Å². The third-order valence-electron chi connectivity index (χ3n) is 5.57. The van der Waals surface area contributed by atoms with E-state index in [9.17, 15) is 4.79 Å². The van der Waals surface area contributed by atoms with E-state index >= 15 is 0 Å². The van der Waals surface area contributed by atoms with Gasteiger partial charge in [0, 0.05) is 51.6 Å². The Morgan fingerprint density at radius 2 is 2.13 bits per heavy atom. The Morgan fingerprint density at radius 3 is 2.96 bits per heavy atom. The van der Waals surface area contributed by atoms with Gasteiger partial charge < -0.3 is 9.88 Å². The normalized spacial score (nSPS) is 23.1. The van der Waals surface area contributed by atoms with Gasteiger partial charge in [-0.1, -0.05) is 22.9 Å². The van der Waals surface area contributed by atoms with Gasteiger partial charge in [-0.25, -0.2) is 0 Å². The van der Waals surface area contributed by atoms with E-state index in [2.05, 4.69) is 51.1 Å². The fourth-order valence-corrected chi connectivity index (χ4v) is 4.71. The van der Waals surface area contributed by atoms with Crippen molar-refractivity contribution < 1.29 is 4.79 Å². The van der Waals surface area contributed by atoms with Crippen LogP contribution in [-0.2, 0) is 16.8 Å². The van der Waals surface area contributed by atoms with Crippen LogP contribution in [0.2, 0.25) is 0 Å². The first kappa shape index (κ1) is 15.0. The van der Waals surface area contributed by atoms with E-state index in [1.165, 1.54) is 24.1 Å². The second-order valence-electron chi connectivity index (χ2n) is 6.75. The summed E-state index contributed by atoms with van der Waals surface area (Å²) in [5, 5.41) is 3.12. The molecule has 0 saturated carbocycles. The summed E-state index contributed by atoms with van der Waals surface area (Å²) >= 11 is 3.59. The zero-order chi connectivity index (χ0) is 16.0. The number of aromatic nitrogens is 1. The van der Waals surface area contributed by atoms with Crippen molar-refractivity contribution in [1.29, 1.82) is 0 Å². The molecule has 2 aliphatic heterocycles. The lowest BCUT2D eigenvalue weighted by molar-refractivity contribution is -0.116. The standard InChI is InChI=1S/C19H21BrN2O/c1-2-19-8-3-10-22-11-7-14(18(19)22)15-12-13(20)4-5-16(15)21-17(23)6-9-19/h4-5,7,11-12H,2-3,6,8-10H2,1H3,(H,21,23)/t19-/m1/s1. The Balaban J connectivity index is 2.01. The molecule has 3 nitrogen and oxygen atoms in total. The molecule has 3 heterocycles. The number of rotatable bonds is 1. The largest absolute Gasteiger partial charge is 0.350 e. The van der Waals surface area contributed by atoms with Crippen molar-refractivity contribution in [2.75, 3.05) is 5.32 Å². The number of hydrogen-bond donors (Lipinski definition) is 1. The van der Waals surface area contributed by atoms with Gasteiger partial charge in [0.2, 0.25) is 5.91 Å². The van der Waals surface area contributed by atoms with E-state index in [0.29, 0.717) is 6.42 Å². The van der Waals surface area contributed by atoms with Crippen LogP contribution >= 0.6 is 15.9 Å². The van der Waals surface area contributed by atoms with Crippen LogP contribution < -0.4 is 5.32 Å². The van der Waals surface area contributed by atoms with E-state index in [0.717, 1.165) is 35.1 Å². The van der Waals surface area contributed by atoms with Gasteiger partial charge in [0.1, 0.15) is 0 Å². The van der Waals surface area contributed by atoms with Crippen LogP contribution in [0.5, 0.6) is 0 Å². The number of anilines is 1. The lowest BCUT2D eigenvalue weighted by Gasteiger charge is -2.39. The summed E-state index contributed by atoms with van der Waals surface area (Å²) < 4.78 is 3.46. The molecule has 4 heteroatoms. The first-order chi connectivity index (χ1) is 11.1. The van der Waals surface area contributed by atoms with Crippen LogP contribution in [0.3, 0.4) is 0 Å². The molecular weight excluding hydrogens is 352 g/mol. The second kappa shape index (κ2) is 5.52. The van der Waals surface area contributed by atoms with Crippen molar-refractivity contribution in [3.05, 3.63) is 40.6 Å². The number of benzene rings is 1. The van der Waals surface area contributed by atoms with E-state index in [1.54, 1.807) is 0 Å². The zero-order valence-corrected chi connectivity index (χ0v) is 14.9. The average Bonchev–Trinajstić information content (AvgIpc) is 3.00. The summed E-state index contributed by atoms with van der Waals surface area (Å²) in [6.07, 6.45) is 7.21. The van der Waals surface area contributed by atoms with Crippen molar-refractivity contribution in [2.45, 2.75) is 51.0 Å². The van der Waals surface area contributed by atoms with Gasteiger partial charge in [0.25, 0.3) is 0 Å². The SMILES string of the molecule is CC[C@]12CCCn3ccc(c31)-c1cc(Br)ccc1NC(=O)CC2. The minimum Gasteiger partial charge on any atom is -0.350 e. The molecule has 4 rings (SSSR count). The number of nitrogens with one attached hydrogen (secondary N) is 1. The molecule has 0 unspecified atom stereocenters. The molecule has 0 aliphatic carbocycles. The Labute approximate surface area is 145 Å². The molecule has 2 aliphatic rings. The maximum Gasteiger partial charge on any atom is 0.224 e. The Bertz CT molecular complexity index is 780. The third-order valence-corrected chi connectivity index (χ3v) is 6.07. The van der Waals surface area contributed by atoms with Crippen LogP contribution in [0.1, 0.15) is 44.7 Å². The molecule has 0 radical (unpaired) electrons. The second-order valence-corrected chi connectivity index (χ2v) is 7.66. The van der Waals surface area contributed by atoms with Crippen LogP contribution in [0.4, 0.5) is 5.69 Å². The van der Waals surface area contributed by atoms with Gasteiger partial charge >= 0.3 is 0 Å². The van der Waals surface area contributed by atoms with Crippen molar-refractivity contribution >= 4 is 27.5 Å². The number of aryl methyl sites for hydroxylation is 1. The van der Waals surface area contributed by atoms with Crippen molar-refractivity contribution in [3.63, 3.8) is 0 Å². The van der Waals surface area contributed by atoms with Crippen LogP contribution in [0.15, 0.2) is 34.9 Å². The quantitative estimate of drug-likeness (QED) is 0.742. The molecule has 1 N–H and O–H groups in total. The van der Waals surface area contributed by atoms with Gasteiger partial charge in [-0.2, -0.15) is 0 Å². The zero-order valence-electron chi connectivity index (χ0n) is 13.4. The number of nitrogens with zero attached hydrogens (tertiary/aromatic N) is 1. The molecular formula is C19H21BrN2O. The number of fused-ring (bicyclic) bond motifs is 2. The summed E-state index contributed by atoms with van der Waals surface area (Å²) in [5.74, 6) is 0.128. The van der Waals surface area contributed by atoms with Gasteiger partial charge in [-0.05, 0) is 49.9 Å². The molecule has 0 bridgehead atoms. The van der Waals surface area contributed by atoms with E-state index in [-0.39, 0.29) is 11.3 Å². The Morgan fingerprint density at radius 1 is 1.26 bits per heavy atom. The minimum absolute atomic E-state index is 0.123. The number of amides is 1. The number of halogens is 1. The van der Waals surface area contributed by atoms with E-state index in [1.807, 2.05) is 12.1 Å². The number of hydrogen-bond acceptors (Lipinski definition) is 1. The molecule has 23 heavy (non-hydrogen) atoms. The highest BCUT2D eigenvalue weighted by Gasteiger charge is 2.39. The minimum atomic E-state index is 0.123. The maximum absolute atomic E-state index is 12.4. The summed E-state index contributed by atoms with van der Waals surface area (Å²) in [6.45, 7) is 3.35. The van der Waals surface area contributed by atoms with Crippen molar-refractivity contribution in [1.82, 2.24) is 4.57 Å². The van der Waals surface area contributed by atoms with Crippen LogP contribution in [0, 0.1) is 0 Å². The summed E-state index contributed by atoms with van der Waals surface area (Å²) in [5.41, 5.74) is 4.89. The molecule has 120 valence electrons. The molecule has 1 atom stereocenters. The molecule has 0 fully saturated rings. The Kier molecular flexibility index (Phi) is 3.60. The molecule has 1 aromatic heterocycles. The van der Waals surface area contributed by atoms with Gasteiger partial charge in [-0.3, -0.25) is 4.79 Å². The maximum atomic E-state index is 12.4. The highest BCUT2D eigenvalue weighted by atomic mass is 79.9. The molecule has 2 aromatic rings. The lowest BCUT2D eigenvalue weighted by Crippen LogP contribution is -2.34. The van der Waals surface area contributed by atoms with Crippen LogP contribution in [-0.4, -0.2) is 10.5 Å². The summed E-state index contributed by atoms with van der Waals surface area (Å²) in [7, 11) is 0. The van der Waals surface area contributed by atoms with Gasteiger partial charge in [0.15, 0.2) is 0 Å². The van der Waals surface area contributed by atoms with Crippen molar-refractivity contribution in [3.8, 4) is 11.1 Å². The fourth-order valence-electron chi connectivity index (χ4n) is 4.35. The molecule has 1 amide bonds. The van der Waals surface area contributed by atoms with Gasteiger partial charge in [-0.15, -0.1) is 0 Å². The van der Waals surface area contributed by atoms with Crippen LogP contribution in [0.25, 0.3) is 11.1 Å². The van der Waals surface area contributed by atoms with Gasteiger partial charge in [0.05, 0.1) is 0 Å². The lowest BCUT2D eigenvalue weighted by atomic mass is 9.70. The molecule has 0 spiro atoms. The number of carbonyl (C=O) groups excluding carboxylic acids is 1. The third kappa shape index (κ3) is 2.35. The van der Waals surface area contributed by atoms with E-state index in [4.69, 9.17) is 0 Å². The fraction of sp³-hybridized carbons (Fsp3) is 0.421. The first-order valence-electron chi connectivity index (χ1n) is 8.42. The summed E-state index contributed by atoms with van der Waals surface area (Å²) in [6, 6.07) is 8.36. The smallest absolute Gasteiger partial charge is 0.224 e. The molecule has 0 saturated heterocycles. The monoisotopic (exact) mass is 372 g/mol. The average molecular weight is 373 g/mol. The molecule has 1 aromatic carbocycles. The highest BCUT2D eigenvalue weighted by Crippen LogP contribution is 2.48. The first-order valence-corrected chi connectivity index (χ1v) is 9.22. The Hall–Kier alpha value is -1.55. The van der Waals surface area contributed by atoms with Crippen molar-refractivity contribution in [2.24, 2.45) is 0 Å². The summed E-state index contributed by atoms with van der Waals surface area (Å²) in [4.78, 5) is 12.4. The number of carbonyl (C=O) groups is 1. The highest BCUT2D eigenvalue weighted by molar-refractivity contribution is 9.10. The predicted octanol–water partition coefficient (Wildman–Crippen LogP) is 5.09. The van der Waals surface area contributed by atoms with E-state index < -0.39 is 0 Å².